The molecular weight excluding hydrogens is 232 g/mol. The van der Waals surface area contributed by atoms with Crippen molar-refractivity contribution in [3.63, 3.8) is 0 Å². The average Bonchev–Trinajstić information content (AvgIpc) is 2.91. The lowest BCUT2D eigenvalue weighted by atomic mass is 9.75. The second kappa shape index (κ2) is 5.73. The Morgan fingerprint density at radius 2 is 1.89 bits per heavy atom. The summed E-state index contributed by atoms with van der Waals surface area (Å²) in [5.74, 6) is 1.93. The van der Waals surface area contributed by atoms with Gasteiger partial charge in [0, 0.05) is 18.1 Å². The van der Waals surface area contributed by atoms with E-state index in [2.05, 4.69) is 11.8 Å². The molecule has 0 bridgehead atoms. The Kier molecular flexibility index (Phi) is 4.19. The molecule has 3 rings (SSSR count). The quantitative estimate of drug-likeness (QED) is 0.844. The maximum Gasteiger partial charge on any atom is 0.0337 e. The first-order chi connectivity index (χ1) is 9.29. The lowest BCUT2D eigenvalue weighted by molar-refractivity contribution is -0.0247. The molecular formula is C17H32N2. The Balaban J connectivity index is 1.78. The lowest BCUT2D eigenvalue weighted by Crippen LogP contribution is -2.60. The van der Waals surface area contributed by atoms with E-state index in [1.165, 1.54) is 70.8 Å². The van der Waals surface area contributed by atoms with Crippen molar-refractivity contribution in [3.8, 4) is 0 Å². The van der Waals surface area contributed by atoms with Crippen molar-refractivity contribution in [2.24, 2.45) is 17.6 Å². The third kappa shape index (κ3) is 2.47. The molecule has 2 aliphatic carbocycles. The second-order valence-corrected chi connectivity index (χ2v) is 7.39. The molecule has 4 atom stereocenters. The van der Waals surface area contributed by atoms with Crippen molar-refractivity contribution >= 4 is 0 Å². The first kappa shape index (κ1) is 13.9. The van der Waals surface area contributed by atoms with E-state index in [1.54, 1.807) is 0 Å². The number of piperidine rings is 1. The van der Waals surface area contributed by atoms with E-state index in [1.807, 2.05) is 0 Å². The van der Waals surface area contributed by atoms with E-state index in [0.29, 0.717) is 5.54 Å². The Morgan fingerprint density at radius 3 is 2.63 bits per heavy atom. The Morgan fingerprint density at radius 1 is 1.11 bits per heavy atom. The highest BCUT2D eigenvalue weighted by Crippen LogP contribution is 2.46. The van der Waals surface area contributed by atoms with Crippen LogP contribution in [0.25, 0.3) is 0 Å². The fourth-order valence-corrected chi connectivity index (χ4v) is 5.34. The third-order valence-corrected chi connectivity index (χ3v) is 6.50. The molecule has 0 aromatic heterocycles. The van der Waals surface area contributed by atoms with Gasteiger partial charge in [-0.3, -0.25) is 4.90 Å². The number of fused-ring (bicyclic) bond motifs is 1. The van der Waals surface area contributed by atoms with Gasteiger partial charge < -0.3 is 5.73 Å². The van der Waals surface area contributed by atoms with Gasteiger partial charge in [0.1, 0.15) is 0 Å². The van der Waals surface area contributed by atoms with Gasteiger partial charge in [0.25, 0.3) is 0 Å². The number of nitrogens with zero attached hydrogens (tertiary/aromatic N) is 1. The summed E-state index contributed by atoms with van der Waals surface area (Å²) in [5, 5.41) is 0. The van der Waals surface area contributed by atoms with Gasteiger partial charge in [-0.1, -0.05) is 26.2 Å². The van der Waals surface area contributed by atoms with E-state index in [4.69, 9.17) is 5.73 Å². The van der Waals surface area contributed by atoms with Crippen molar-refractivity contribution in [3.05, 3.63) is 0 Å². The van der Waals surface area contributed by atoms with Crippen LogP contribution in [0.15, 0.2) is 0 Å². The normalized spacial score (nSPS) is 44.2. The Bertz CT molecular complexity index is 302. The fourth-order valence-electron chi connectivity index (χ4n) is 5.34. The molecule has 0 aromatic rings. The number of nitrogens with two attached hydrogens (primary N) is 1. The summed E-state index contributed by atoms with van der Waals surface area (Å²) in [4.78, 5) is 2.91. The zero-order valence-electron chi connectivity index (χ0n) is 12.7. The van der Waals surface area contributed by atoms with Crippen LogP contribution in [0.1, 0.15) is 71.1 Å². The predicted molar refractivity (Wildman–Crippen MR) is 81.1 cm³/mol. The van der Waals surface area contributed by atoms with Crippen LogP contribution in [0.3, 0.4) is 0 Å². The van der Waals surface area contributed by atoms with Crippen LogP contribution >= 0.6 is 0 Å². The summed E-state index contributed by atoms with van der Waals surface area (Å²) in [7, 11) is 0. The molecule has 3 fully saturated rings. The third-order valence-electron chi connectivity index (χ3n) is 6.50. The largest absolute Gasteiger partial charge is 0.329 e. The van der Waals surface area contributed by atoms with E-state index in [-0.39, 0.29) is 0 Å². The highest BCUT2D eigenvalue weighted by atomic mass is 15.3. The maximum absolute atomic E-state index is 6.30. The monoisotopic (exact) mass is 264 g/mol. The van der Waals surface area contributed by atoms with Crippen LogP contribution in [0, 0.1) is 11.8 Å². The molecule has 19 heavy (non-hydrogen) atoms. The predicted octanol–water partition coefficient (Wildman–Crippen LogP) is 3.55. The van der Waals surface area contributed by atoms with Crippen molar-refractivity contribution in [1.29, 1.82) is 0 Å². The maximum atomic E-state index is 6.30. The van der Waals surface area contributed by atoms with Gasteiger partial charge in [-0.05, 0) is 63.3 Å². The molecule has 2 nitrogen and oxygen atoms in total. The second-order valence-electron chi connectivity index (χ2n) is 7.39. The number of hydrogen-bond acceptors (Lipinski definition) is 2. The summed E-state index contributed by atoms with van der Waals surface area (Å²) >= 11 is 0. The molecule has 0 spiro atoms. The fraction of sp³-hybridized carbons (Fsp3) is 1.00. The minimum Gasteiger partial charge on any atom is -0.329 e. The highest BCUT2D eigenvalue weighted by Gasteiger charge is 2.47. The number of rotatable bonds is 3. The summed E-state index contributed by atoms with van der Waals surface area (Å²) in [6, 6.07) is 0.877. The zero-order valence-corrected chi connectivity index (χ0v) is 12.7. The molecule has 0 amide bonds. The van der Waals surface area contributed by atoms with Crippen molar-refractivity contribution < 1.29 is 0 Å². The van der Waals surface area contributed by atoms with Crippen LogP contribution in [-0.4, -0.2) is 29.6 Å². The smallest absolute Gasteiger partial charge is 0.0337 e. The SMILES string of the molecule is CCC1CCC(CN)(N2CCC[C@H]3CCCC[C@H]32)C1. The molecule has 1 aliphatic heterocycles. The van der Waals surface area contributed by atoms with E-state index in [9.17, 15) is 0 Å². The first-order valence-corrected chi connectivity index (χ1v) is 8.76. The van der Waals surface area contributed by atoms with Crippen LogP contribution in [0.2, 0.25) is 0 Å². The van der Waals surface area contributed by atoms with Crippen LogP contribution in [0.4, 0.5) is 0 Å². The molecule has 1 heterocycles. The summed E-state index contributed by atoms with van der Waals surface area (Å²) in [6.07, 6.45) is 14.3. The van der Waals surface area contributed by atoms with Crippen molar-refractivity contribution in [1.82, 2.24) is 4.90 Å². The summed E-state index contributed by atoms with van der Waals surface area (Å²) < 4.78 is 0. The minimum absolute atomic E-state index is 0.376. The van der Waals surface area contributed by atoms with E-state index < -0.39 is 0 Å². The summed E-state index contributed by atoms with van der Waals surface area (Å²) in [6.45, 7) is 4.58. The molecule has 2 saturated carbocycles. The van der Waals surface area contributed by atoms with Gasteiger partial charge in [-0.25, -0.2) is 0 Å². The molecule has 0 radical (unpaired) electrons. The van der Waals surface area contributed by atoms with Crippen LogP contribution < -0.4 is 5.73 Å². The van der Waals surface area contributed by atoms with Crippen LogP contribution in [-0.2, 0) is 0 Å². The van der Waals surface area contributed by atoms with E-state index >= 15 is 0 Å². The van der Waals surface area contributed by atoms with Gasteiger partial charge in [0.15, 0.2) is 0 Å². The molecule has 2 unspecified atom stereocenters. The molecule has 3 aliphatic rings. The van der Waals surface area contributed by atoms with Gasteiger partial charge >= 0.3 is 0 Å². The zero-order chi connectivity index (χ0) is 13.3. The van der Waals surface area contributed by atoms with Gasteiger partial charge in [-0.2, -0.15) is 0 Å². The minimum atomic E-state index is 0.376. The topological polar surface area (TPSA) is 29.3 Å². The average molecular weight is 264 g/mol. The first-order valence-electron chi connectivity index (χ1n) is 8.76. The molecule has 0 aromatic carbocycles. The molecule has 2 heteroatoms. The van der Waals surface area contributed by atoms with Crippen LogP contribution in [0.5, 0.6) is 0 Å². The molecule has 110 valence electrons. The Labute approximate surface area is 119 Å². The van der Waals surface area contributed by atoms with E-state index in [0.717, 1.165) is 24.4 Å². The number of likely N-dealkylation sites (tertiary alicyclic amines) is 1. The summed E-state index contributed by atoms with van der Waals surface area (Å²) in [5.41, 5.74) is 6.67. The Hall–Kier alpha value is -0.0800. The molecule has 1 saturated heterocycles. The van der Waals surface area contributed by atoms with Crippen molar-refractivity contribution in [2.75, 3.05) is 13.1 Å². The lowest BCUT2D eigenvalue weighted by Gasteiger charge is -2.52. The van der Waals surface area contributed by atoms with Gasteiger partial charge in [0.2, 0.25) is 0 Å². The van der Waals surface area contributed by atoms with Crippen molar-refractivity contribution in [2.45, 2.75) is 82.7 Å². The number of hydrogen-bond donors (Lipinski definition) is 1. The standard InChI is InChI=1S/C17H32N2/c1-2-14-9-10-17(12-14,13-18)19-11-5-7-15-6-3-4-8-16(15)19/h14-16H,2-13,18H2,1H3/t14?,15-,16-,17?/m1/s1. The van der Waals surface area contributed by atoms with Gasteiger partial charge in [0.05, 0.1) is 0 Å². The molecule has 2 N–H and O–H groups in total. The van der Waals surface area contributed by atoms with Gasteiger partial charge in [-0.15, -0.1) is 0 Å². The highest BCUT2D eigenvalue weighted by molar-refractivity contribution is 5.03.